The molecular weight excluding hydrogens is 420 g/mol. The number of fused-ring (bicyclic) bond motifs is 1. The Bertz CT molecular complexity index is 1370. The fraction of sp³-hybridized carbons (Fsp3) is 0.333. The maximum absolute atomic E-state index is 12.4. The molecule has 2 aromatic heterocycles. The van der Waals surface area contributed by atoms with Crippen LogP contribution in [0.25, 0.3) is 11.4 Å². The summed E-state index contributed by atoms with van der Waals surface area (Å²) in [6, 6.07) is 11.5. The van der Waals surface area contributed by atoms with E-state index in [-0.39, 0.29) is 12.3 Å². The molecule has 0 radical (unpaired) electrons. The number of tetrazole rings is 1. The van der Waals surface area contributed by atoms with Gasteiger partial charge in [-0.2, -0.15) is 14.5 Å². The lowest BCUT2D eigenvalue weighted by Crippen LogP contribution is -2.23. The van der Waals surface area contributed by atoms with Crippen LogP contribution < -0.4 is 15.2 Å². The Balaban J connectivity index is 1.43. The number of hydrogen-bond acceptors (Lipinski definition) is 6. The highest BCUT2D eigenvalue weighted by Crippen LogP contribution is 2.29. The number of ether oxygens (including phenoxy) is 2. The first kappa shape index (κ1) is 21.0. The van der Waals surface area contributed by atoms with Crippen LogP contribution in [0.5, 0.6) is 11.5 Å². The molecule has 33 heavy (non-hydrogen) atoms. The van der Waals surface area contributed by atoms with Crippen LogP contribution in [0.1, 0.15) is 35.2 Å². The third-order valence-corrected chi connectivity index (χ3v) is 6.12. The lowest BCUT2D eigenvalue weighted by atomic mass is 9.98. The van der Waals surface area contributed by atoms with Crippen molar-refractivity contribution in [2.75, 3.05) is 7.11 Å². The number of nitrogens with zero attached hydrogens (tertiary/aromatic N) is 6. The molecule has 0 atom stereocenters. The van der Waals surface area contributed by atoms with Crippen molar-refractivity contribution in [3.63, 3.8) is 0 Å². The van der Waals surface area contributed by atoms with Crippen molar-refractivity contribution in [1.29, 1.82) is 0 Å². The Morgan fingerprint density at radius 3 is 2.64 bits per heavy atom. The average molecular weight is 447 g/mol. The molecule has 0 N–H and O–H groups in total. The van der Waals surface area contributed by atoms with E-state index in [0.717, 1.165) is 29.8 Å². The second-order valence-electron chi connectivity index (χ2n) is 8.23. The van der Waals surface area contributed by atoms with E-state index < -0.39 is 0 Å². The van der Waals surface area contributed by atoms with Crippen molar-refractivity contribution >= 4 is 0 Å². The maximum atomic E-state index is 12.4. The summed E-state index contributed by atoms with van der Waals surface area (Å²) in [7, 11) is 3.15. The van der Waals surface area contributed by atoms with Crippen LogP contribution >= 0.6 is 0 Å². The molecule has 0 saturated carbocycles. The largest absolute Gasteiger partial charge is 0.496 e. The van der Waals surface area contributed by atoms with Gasteiger partial charge in [0.2, 0.25) is 0 Å². The first-order valence-electron chi connectivity index (χ1n) is 11.0. The van der Waals surface area contributed by atoms with Crippen LogP contribution in [0.3, 0.4) is 0 Å². The van der Waals surface area contributed by atoms with Crippen molar-refractivity contribution in [1.82, 2.24) is 29.6 Å². The third-order valence-electron chi connectivity index (χ3n) is 6.12. The fourth-order valence-electron chi connectivity index (χ4n) is 4.34. The topological polar surface area (TPSA) is 89.0 Å². The summed E-state index contributed by atoms with van der Waals surface area (Å²) in [5.74, 6) is 1.37. The van der Waals surface area contributed by atoms with E-state index in [0.29, 0.717) is 17.0 Å². The van der Waals surface area contributed by atoms with Gasteiger partial charge in [0.05, 0.1) is 30.2 Å². The number of benzene rings is 2. The van der Waals surface area contributed by atoms with Crippen LogP contribution in [0.15, 0.2) is 47.4 Å². The summed E-state index contributed by atoms with van der Waals surface area (Å²) in [4.78, 5) is 12.4. The third kappa shape index (κ3) is 3.79. The number of aromatic nitrogens is 6. The molecule has 0 aliphatic heterocycles. The SMILES string of the molecule is COc1cccc(-n2nnn(C)c2=O)c1COc1ccc(-n2ncc3c2CCCC3)cc1C. The van der Waals surface area contributed by atoms with Gasteiger partial charge in [-0.15, -0.1) is 0 Å². The van der Waals surface area contributed by atoms with Crippen molar-refractivity contribution in [3.8, 4) is 22.9 Å². The summed E-state index contributed by atoms with van der Waals surface area (Å²) in [5, 5.41) is 12.4. The highest BCUT2D eigenvalue weighted by Gasteiger charge is 2.18. The highest BCUT2D eigenvalue weighted by atomic mass is 16.5. The lowest BCUT2D eigenvalue weighted by molar-refractivity contribution is 0.294. The molecule has 2 heterocycles. The molecule has 0 saturated heterocycles. The molecule has 0 fully saturated rings. The van der Waals surface area contributed by atoms with Gasteiger partial charge in [0, 0.05) is 12.7 Å². The molecule has 2 aromatic carbocycles. The van der Waals surface area contributed by atoms with Crippen molar-refractivity contribution in [3.05, 3.63) is 75.5 Å². The fourth-order valence-corrected chi connectivity index (χ4v) is 4.34. The van der Waals surface area contributed by atoms with Crippen molar-refractivity contribution in [2.24, 2.45) is 7.05 Å². The first-order valence-corrected chi connectivity index (χ1v) is 11.0. The Hall–Kier alpha value is -3.88. The minimum Gasteiger partial charge on any atom is -0.496 e. The molecule has 0 unspecified atom stereocenters. The molecule has 0 spiro atoms. The molecule has 5 rings (SSSR count). The maximum Gasteiger partial charge on any atom is 0.368 e. The molecule has 1 aliphatic rings. The minimum atomic E-state index is -0.340. The van der Waals surface area contributed by atoms with Gasteiger partial charge in [-0.05, 0) is 84.5 Å². The molecule has 4 aromatic rings. The van der Waals surface area contributed by atoms with Crippen molar-refractivity contribution in [2.45, 2.75) is 39.2 Å². The van der Waals surface area contributed by atoms with E-state index in [1.807, 2.05) is 42.1 Å². The van der Waals surface area contributed by atoms with E-state index in [4.69, 9.17) is 9.47 Å². The van der Waals surface area contributed by atoms with Gasteiger partial charge in [0.1, 0.15) is 18.1 Å². The van der Waals surface area contributed by atoms with Crippen LogP contribution in [0.2, 0.25) is 0 Å². The van der Waals surface area contributed by atoms with E-state index in [9.17, 15) is 4.79 Å². The summed E-state index contributed by atoms with van der Waals surface area (Å²) >= 11 is 0. The Morgan fingerprint density at radius 2 is 1.88 bits per heavy atom. The predicted octanol–water partition coefficient (Wildman–Crippen LogP) is 2.93. The smallest absolute Gasteiger partial charge is 0.368 e. The summed E-state index contributed by atoms with van der Waals surface area (Å²) in [6.45, 7) is 2.23. The number of hydrogen-bond donors (Lipinski definition) is 0. The van der Waals surface area contributed by atoms with Gasteiger partial charge < -0.3 is 9.47 Å². The predicted molar refractivity (Wildman–Crippen MR) is 122 cm³/mol. The van der Waals surface area contributed by atoms with Crippen LogP contribution in [-0.2, 0) is 26.5 Å². The molecule has 0 bridgehead atoms. The van der Waals surface area contributed by atoms with Crippen molar-refractivity contribution < 1.29 is 9.47 Å². The van der Waals surface area contributed by atoms with Gasteiger partial charge in [-0.1, -0.05) is 6.07 Å². The second-order valence-corrected chi connectivity index (χ2v) is 8.23. The highest BCUT2D eigenvalue weighted by molar-refractivity contribution is 5.50. The molecule has 0 amide bonds. The van der Waals surface area contributed by atoms with E-state index >= 15 is 0 Å². The molecule has 170 valence electrons. The quantitative estimate of drug-likeness (QED) is 0.453. The van der Waals surface area contributed by atoms with Gasteiger partial charge in [0.25, 0.3) is 0 Å². The average Bonchev–Trinajstić information content (AvgIpc) is 3.41. The zero-order chi connectivity index (χ0) is 22.9. The lowest BCUT2D eigenvalue weighted by Gasteiger charge is -2.17. The Labute approximate surface area is 191 Å². The first-order chi connectivity index (χ1) is 16.1. The zero-order valence-electron chi connectivity index (χ0n) is 19.0. The normalized spacial score (nSPS) is 13.1. The summed E-state index contributed by atoms with van der Waals surface area (Å²) < 4.78 is 16.2. The van der Waals surface area contributed by atoms with Crippen LogP contribution in [-0.4, -0.2) is 36.7 Å². The molecule has 9 heteroatoms. The summed E-state index contributed by atoms with van der Waals surface area (Å²) in [6.07, 6.45) is 6.59. The van der Waals surface area contributed by atoms with Crippen LogP contribution in [0, 0.1) is 6.92 Å². The van der Waals surface area contributed by atoms with Gasteiger partial charge in [0.15, 0.2) is 0 Å². The standard InChI is InChI=1S/C24H26N6O3/c1-16-13-18(29-20-8-5-4-7-17(20)14-25-29)11-12-22(16)33-15-19-21(9-6-10-23(19)32-3)30-24(31)28(2)26-27-30/h6,9-14H,4-5,7-8,15H2,1-3H3. The van der Waals surface area contributed by atoms with Gasteiger partial charge >= 0.3 is 5.69 Å². The van der Waals surface area contributed by atoms with Gasteiger partial charge in [-0.25, -0.2) is 9.48 Å². The van der Waals surface area contributed by atoms with Gasteiger partial charge in [-0.3, -0.25) is 0 Å². The number of rotatable bonds is 6. The molecule has 9 nitrogen and oxygen atoms in total. The van der Waals surface area contributed by atoms with E-state index in [1.54, 1.807) is 20.2 Å². The minimum absolute atomic E-state index is 0.208. The van der Waals surface area contributed by atoms with E-state index in [2.05, 4.69) is 21.6 Å². The molecular formula is C24H26N6O3. The zero-order valence-corrected chi connectivity index (χ0v) is 19.0. The second kappa shape index (κ2) is 8.57. The Kier molecular flexibility index (Phi) is 5.45. The summed E-state index contributed by atoms with van der Waals surface area (Å²) in [5.41, 5.74) is 5.64. The molecule has 1 aliphatic carbocycles. The number of aryl methyl sites for hydroxylation is 3. The monoisotopic (exact) mass is 446 g/mol. The van der Waals surface area contributed by atoms with E-state index in [1.165, 1.54) is 33.5 Å². The van der Waals surface area contributed by atoms with Crippen LogP contribution in [0.4, 0.5) is 0 Å². The Morgan fingerprint density at radius 1 is 1.03 bits per heavy atom. The number of methoxy groups -OCH3 is 1.